The molecule has 0 N–H and O–H groups in total. The van der Waals surface area contributed by atoms with E-state index in [2.05, 4.69) is 0 Å². The van der Waals surface area contributed by atoms with Crippen LogP contribution in [0.25, 0.3) is 0 Å². The summed E-state index contributed by atoms with van der Waals surface area (Å²) in [5, 5.41) is 0. The Bertz CT molecular complexity index is 563. The van der Waals surface area contributed by atoms with Gasteiger partial charge in [0.2, 0.25) is 0 Å². The van der Waals surface area contributed by atoms with Crippen LogP contribution in [-0.2, 0) is 9.84 Å². The van der Waals surface area contributed by atoms with E-state index < -0.39 is 15.8 Å². The van der Waals surface area contributed by atoms with Crippen LogP contribution in [0, 0.1) is 5.92 Å². The quantitative estimate of drug-likeness (QED) is 0.829. The molecule has 5 heteroatoms. The van der Waals surface area contributed by atoms with Gasteiger partial charge in [-0.3, -0.25) is 4.79 Å². The minimum absolute atomic E-state index is 0.111. The molecule has 0 spiro atoms. The zero-order chi connectivity index (χ0) is 13.9. The lowest BCUT2D eigenvalue weighted by molar-refractivity contribution is 0.0851. The third-order valence-electron chi connectivity index (χ3n) is 3.23. The second kappa shape index (κ2) is 5.74. The van der Waals surface area contributed by atoms with Crippen LogP contribution < -0.4 is 4.74 Å². The van der Waals surface area contributed by atoms with Gasteiger partial charge in [0.05, 0.1) is 29.6 Å². The number of benzene rings is 1. The van der Waals surface area contributed by atoms with Gasteiger partial charge in [-0.15, -0.1) is 0 Å². The van der Waals surface area contributed by atoms with Crippen molar-refractivity contribution in [3.63, 3.8) is 0 Å². The van der Waals surface area contributed by atoms with Gasteiger partial charge in [0.1, 0.15) is 5.75 Å². The van der Waals surface area contributed by atoms with Crippen molar-refractivity contribution in [3.05, 3.63) is 29.8 Å². The Balaban J connectivity index is 2.11. The van der Waals surface area contributed by atoms with E-state index in [1.165, 1.54) is 0 Å². The van der Waals surface area contributed by atoms with E-state index in [4.69, 9.17) is 4.74 Å². The van der Waals surface area contributed by atoms with Gasteiger partial charge in [-0.2, -0.15) is 0 Å². The first-order chi connectivity index (χ1) is 9.03. The standard InChI is InChI=1S/C14H18O4S/c1-2-3-8-19(16,17)10-11-9-18-13-7-5-4-6-12(13)14(11)15/h4-7,11H,2-3,8-10H2,1H3/t11-/m1/s1. The number of fused-ring (bicyclic) bond motifs is 1. The largest absolute Gasteiger partial charge is 0.492 e. The maximum absolute atomic E-state index is 12.2. The van der Waals surface area contributed by atoms with Crippen molar-refractivity contribution in [2.45, 2.75) is 19.8 Å². The minimum atomic E-state index is -3.18. The molecule has 0 saturated carbocycles. The van der Waals surface area contributed by atoms with Crippen LogP contribution in [0.1, 0.15) is 30.1 Å². The third-order valence-corrected chi connectivity index (χ3v) is 5.05. The lowest BCUT2D eigenvalue weighted by Gasteiger charge is -2.23. The molecule has 0 aliphatic carbocycles. The lowest BCUT2D eigenvalue weighted by atomic mass is 9.97. The first-order valence-corrected chi connectivity index (χ1v) is 8.32. The van der Waals surface area contributed by atoms with Crippen LogP contribution in [0.4, 0.5) is 0 Å². The van der Waals surface area contributed by atoms with Crippen LogP contribution in [0.15, 0.2) is 24.3 Å². The van der Waals surface area contributed by atoms with Gasteiger partial charge < -0.3 is 4.74 Å². The van der Waals surface area contributed by atoms with E-state index in [0.29, 0.717) is 17.7 Å². The summed E-state index contributed by atoms with van der Waals surface area (Å²) in [7, 11) is -3.18. The highest BCUT2D eigenvalue weighted by Gasteiger charge is 2.32. The van der Waals surface area contributed by atoms with Crippen molar-refractivity contribution >= 4 is 15.6 Å². The van der Waals surface area contributed by atoms with Gasteiger partial charge in [-0.05, 0) is 18.6 Å². The second-order valence-corrected chi connectivity index (χ2v) is 7.06. The Labute approximate surface area is 113 Å². The molecule has 0 fully saturated rings. The van der Waals surface area contributed by atoms with Crippen LogP contribution in [0.2, 0.25) is 0 Å². The molecule has 0 bridgehead atoms. The molecule has 2 rings (SSSR count). The molecule has 104 valence electrons. The maximum atomic E-state index is 12.2. The van der Waals surface area contributed by atoms with E-state index in [1.54, 1.807) is 24.3 Å². The Morgan fingerprint density at radius 2 is 2.05 bits per heavy atom. The molecule has 1 aromatic rings. The van der Waals surface area contributed by atoms with Crippen LogP contribution in [0.5, 0.6) is 5.75 Å². The number of ketones is 1. The van der Waals surface area contributed by atoms with Gasteiger partial charge in [-0.1, -0.05) is 25.5 Å². The summed E-state index contributed by atoms with van der Waals surface area (Å²) in [6, 6.07) is 6.97. The highest BCUT2D eigenvalue weighted by Crippen LogP contribution is 2.27. The maximum Gasteiger partial charge on any atom is 0.174 e. The van der Waals surface area contributed by atoms with Gasteiger partial charge in [0, 0.05) is 0 Å². The first kappa shape index (κ1) is 14.1. The van der Waals surface area contributed by atoms with Crippen LogP contribution in [-0.4, -0.2) is 32.3 Å². The van der Waals surface area contributed by atoms with E-state index in [9.17, 15) is 13.2 Å². The average Bonchev–Trinajstić information content (AvgIpc) is 2.40. The number of para-hydroxylation sites is 1. The van der Waals surface area contributed by atoms with Crippen molar-refractivity contribution in [2.75, 3.05) is 18.1 Å². The Kier molecular flexibility index (Phi) is 4.24. The Hall–Kier alpha value is -1.36. The molecule has 1 atom stereocenters. The van der Waals surface area contributed by atoms with Gasteiger partial charge in [-0.25, -0.2) is 8.42 Å². The van der Waals surface area contributed by atoms with E-state index in [0.717, 1.165) is 6.42 Å². The molecular weight excluding hydrogens is 264 g/mol. The second-order valence-electron chi connectivity index (χ2n) is 4.84. The molecule has 0 radical (unpaired) electrons. The van der Waals surface area contributed by atoms with Crippen LogP contribution >= 0.6 is 0 Å². The molecule has 1 aliphatic rings. The monoisotopic (exact) mass is 282 g/mol. The Morgan fingerprint density at radius 3 is 2.79 bits per heavy atom. The number of Topliss-reactive ketones (excluding diaryl/α,β-unsaturated/α-hetero) is 1. The number of rotatable bonds is 5. The molecule has 4 nitrogen and oxygen atoms in total. The summed E-state index contributed by atoms with van der Waals surface area (Å²) in [6.45, 7) is 2.10. The number of ether oxygens (including phenoxy) is 1. The lowest BCUT2D eigenvalue weighted by Crippen LogP contribution is -2.34. The minimum Gasteiger partial charge on any atom is -0.492 e. The van der Waals surface area contributed by atoms with E-state index in [-0.39, 0.29) is 23.9 Å². The Morgan fingerprint density at radius 1 is 1.32 bits per heavy atom. The highest BCUT2D eigenvalue weighted by molar-refractivity contribution is 7.91. The fraction of sp³-hybridized carbons (Fsp3) is 0.500. The fourth-order valence-corrected chi connectivity index (χ4v) is 3.92. The number of sulfone groups is 1. The number of hydrogen-bond donors (Lipinski definition) is 0. The van der Waals surface area contributed by atoms with Crippen molar-refractivity contribution < 1.29 is 17.9 Å². The summed E-state index contributed by atoms with van der Waals surface area (Å²) in [6.07, 6.45) is 1.47. The van der Waals surface area contributed by atoms with E-state index >= 15 is 0 Å². The summed E-state index contributed by atoms with van der Waals surface area (Å²) in [5.74, 6) is -0.108. The number of hydrogen-bond acceptors (Lipinski definition) is 4. The normalized spacial score (nSPS) is 18.8. The summed E-state index contributed by atoms with van der Waals surface area (Å²) >= 11 is 0. The topological polar surface area (TPSA) is 60.4 Å². The SMILES string of the molecule is CCCCS(=O)(=O)C[C@H]1COc2ccccc2C1=O. The van der Waals surface area contributed by atoms with Crippen molar-refractivity contribution in [2.24, 2.45) is 5.92 Å². The molecular formula is C14H18O4S. The van der Waals surface area contributed by atoms with Crippen molar-refractivity contribution in [3.8, 4) is 5.75 Å². The molecule has 0 saturated heterocycles. The predicted molar refractivity (Wildman–Crippen MR) is 73.3 cm³/mol. The molecule has 1 heterocycles. The summed E-state index contributed by atoms with van der Waals surface area (Å²) in [4.78, 5) is 12.2. The molecule has 1 aromatic carbocycles. The number of unbranched alkanes of at least 4 members (excludes halogenated alkanes) is 1. The molecule has 0 amide bonds. The fourth-order valence-electron chi connectivity index (χ4n) is 2.16. The average molecular weight is 282 g/mol. The van der Waals surface area contributed by atoms with Gasteiger partial charge >= 0.3 is 0 Å². The van der Waals surface area contributed by atoms with Gasteiger partial charge in [0.25, 0.3) is 0 Å². The number of carbonyl (C=O) groups is 1. The summed E-state index contributed by atoms with van der Waals surface area (Å²) < 4.78 is 29.3. The van der Waals surface area contributed by atoms with Gasteiger partial charge in [0.15, 0.2) is 15.6 Å². The highest BCUT2D eigenvalue weighted by atomic mass is 32.2. The molecule has 19 heavy (non-hydrogen) atoms. The molecule has 1 aliphatic heterocycles. The van der Waals surface area contributed by atoms with Crippen molar-refractivity contribution in [1.29, 1.82) is 0 Å². The van der Waals surface area contributed by atoms with Crippen molar-refractivity contribution in [1.82, 2.24) is 0 Å². The first-order valence-electron chi connectivity index (χ1n) is 6.50. The molecule has 0 aromatic heterocycles. The number of carbonyl (C=O) groups excluding carboxylic acids is 1. The third kappa shape index (κ3) is 3.35. The predicted octanol–water partition coefficient (Wildman–Crippen LogP) is 2.09. The van der Waals surface area contributed by atoms with Crippen LogP contribution in [0.3, 0.4) is 0 Å². The molecule has 0 unspecified atom stereocenters. The zero-order valence-electron chi connectivity index (χ0n) is 11.0. The summed E-state index contributed by atoms with van der Waals surface area (Å²) in [5.41, 5.74) is 0.490. The smallest absolute Gasteiger partial charge is 0.174 e. The van der Waals surface area contributed by atoms with E-state index in [1.807, 2.05) is 6.92 Å². The zero-order valence-corrected chi connectivity index (χ0v) is 11.8.